The van der Waals surface area contributed by atoms with Gasteiger partial charge in [0.05, 0.1) is 6.61 Å². The van der Waals surface area contributed by atoms with E-state index in [4.69, 9.17) is 4.74 Å². The minimum atomic E-state index is -0.514. The fraction of sp³-hybridized carbons (Fsp3) is 0.625. The number of rotatable bonds is 9. The third kappa shape index (κ3) is 5.59. The van der Waals surface area contributed by atoms with E-state index in [1.807, 2.05) is 20.8 Å². The first-order valence-corrected chi connectivity index (χ1v) is 7.42. The first-order chi connectivity index (χ1) is 9.99. The second kappa shape index (κ2) is 8.95. The lowest BCUT2D eigenvalue weighted by Crippen LogP contribution is -2.32. The quantitative estimate of drug-likeness (QED) is 0.758. The van der Waals surface area contributed by atoms with E-state index in [-0.39, 0.29) is 5.69 Å². The fourth-order valence-electron chi connectivity index (χ4n) is 2.23. The van der Waals surface area contributed by atoms with Crippen LogP contribution in [0, 0.1) is 17.6 Å². The van der Waals surface area contributed by atoms with Crippen molar-refractivity contribution in [3.8, 4) is 0 Å². The number of nitrogens with zero attached hydrogens (tertiary/aromatic N) is 1. The number of ether oxygens (including phenoxy) is 1. The van der Waals surface area contributed by atoms with Crippen molar-refractivity contribution in [2.45, 2.75) is 27.3 Å². The molecule has 21 heavy (non-hydrogen) atoms. The fourth-order valence-corrected chi connectivity index (χ4v) is 2.23. The number of nitrogens with one attached hydrogen (secondary N) is 1. The largest absolute Gasteiger partial charge is 0.383 e. The molecule has 0 aliphatic rings. The summed E-state index contributed by atoms with van der Waals surface area (Å²) in [6, 6.07) is 2.81. The van der Waals surface area contributed by atoms with Crippen LogP contribution in [0.25, 0.3) is 0 Å². The third-order valence-electron chi connectivity index (χ3n) is 3.12. The molecule has 5 heteroatoms. The molecule has 1 rings (SSSR count). The van der Waals surface area contributed by atoms with Gasteiger partial charge in [-0.3, -0.25) is 0 Å². The summed E-state index contributed by atoms with van der Waals surface area (Å²) in [5.74, 6) is -0.721. The van der Waals surface area contributed by atoms with Crippen LogP contribution in [0.1, 0.15) is 26.3 Å². The summed E-state index contributed by atoms with van der Waals surface area (Å²) in [5.41, 5.74) is 0.660. The van der Waals surface area contributed by atoms with Gasteiger partial charge >= 0.3 is 0 Å². The molecule has 0 spiro atoms. The lowest BCUT2D eigenvalue weighted by Gasteiger charge is -2.27. The molecule has 0 saturated heterocycles. The first-order valence-electron chi connectivity index (χ1n) is 7.42. The van der Waals surface area contributed by atoms with Gasteiger partial charge < -0.3 is 15.0 Å². The van der Waals surface area contributed by atoms with Crippen molar-refractivity contribution in [2.75, 3.05) is 38.3 Å². The summed E-state index contributed by atoms with van der Waals surface area (Å²) in [6.45, 7) is 8.72. The van der Waals surface area contributed by atoms with E-state index in [1.165, 1.54) is 12.1 Å². The molecule has 1 aromatic carbocycles. The molecule has 1 aromatic rings. The molecule has 3 nitrogen and oxygen atoms in total. The Labute approximate surface area is 126 Å². The molecule has 0 aliphatic carbocycles. The van der Waals surface area contributed by atoms with Crippen LogP contribution in [0.5, 0.6) is 0 Å². The van der Waals surface area contributed by atoms with Crippen LogP contribution in [-0.2, 0) is 11.3 Å². The van der Waals surface area contributed by atoms with Crippen molar-refractivity contribution >= 4 is 5.69 Å². The molecule has 120 valence electrons. The standard InChI is InChI=1S/C16H26F2N2O/c1-5-19-10-13-8-14(17)16(15(18)9-13)20(6-7-21-4)11-12(2)3/h8-9,12,19H,5-7,10-11H2,1-4H3. The Morgan fingerprint density at radius 2 is 1.86 bits per heavy atom. The smallest absolute Gasteiger partial charge is 0.149 e. The Balaban J connectivity index is 3.00. The summed E-state index contributed by atoms with van der Waals surface area (Å²) in [7, 11) is 1.58. The van der Waals surface area contributed by atoms with Gasteiger partial charge in [-0.1, -0.05) is 20.8 Å². The Bertz CT molecular complexity index is 415. The summed E-state index contributed by atoms with van der Waals surface area (Å²) in [4.78, 5) is 1.72. The van der Waals surface area contributed by atoms with Crippen molar-refractivity contribution in [1.82, 2.24) is 5.32 Å². The van der Waals surface area contributed by atoms with E-state index in [0.717, 1.165) is 6.54 Å². The normalized spacial score (nSPS) is 11.2. The zero-order valence-corrected chi connectivity index (χ0v) is 13.4. The Morgan fingerprint density at radius 1 is 1.24 bits per heavy atom. The van der Waals surface area contributed by atoms with Gasteiger partial charge in [0, 0.05) is 26.7 Å². The zero-order valence-electron chi connectivity index (χ0n) is 13.4. The second-order valence-electron chi connectivity index (χ2n) is 5.52. The van der Waals surface area contributed by atoms with Crippen molar-refractivity contribution < 1.29 is 13.5 Å². The average molecular weight is 300 g/mol. The first kappa shape index (κ1) is 17.9. The number of hydrogen-bond donors (Lipinski definition) is 1. The molecule has 0 heterocycles. The van der Waals surface area contributed by atoms with Crippen molar-refractivity contribution in [2.24, 2.45) is 5.92 Å². The van der Waals surface area contributed by atoms with Gasteiger partial charge in [0.25, 0.3) is 0 Å². The number of anilines is 1. The maximum atomic E-state index is 14.3. The van der Waals surface area contributed by atoms with Crippen molar-refractivity contribution in [1.29, 1.82) is 0 Å². The number of hydrogen-bond acceptors (Lipinski definition) is 3. The predicted molar refractivity (Wildman–Crippen MR) is 82.7 cm³/mol. The molecule has 0 unspecified atom stereocenters. The van der Waals surface area contributed by atoms with E-state index < -0.39 is 11.6 Å². The highest BCUT2D eigenvalue weighted by molar-refractivity contribution is 5.51. The molecule has 0 amide bonds. The minimum Gasteiger partial charge on any atom is -0.383 e. The maximum absolute atomic E-state index is 14.3. The van der Waals surface area contributed by atoms with Crippen LogP contribution in [0.2, 0.25) is 0 Å². The Hall–Kier alpha value is -1.20. The van der Waals surface area contributed by atoms with E-state index >= 15 is 0 Å². The molecule has 0 bridgehead atoms. The summed E-state index contributed by atoms with van der Waals surface area (Å²) in [6.07, 6.45) is 0. The van der Waals surface area contributed by atoms with Crippen LogP contribution in [0.4, 0.5) is 14.5 Å². The van der Waals surface area contributed by atoms with Crippen molar-refractivity contribution in [3.63, 3.8) is 0 Å². The van der Waals surface area contributed by atoms with Gasteiger partial charge in [-0.25, -0.2) is 8.78 Å². The van der Waals surface area contributed by atoms with Crippen LogP contribution in [-0.4, -0.2) is 33.4 Å². The average Bonchev–Trinajstić information content (AvgIpc) is 2.41. The molecular formula is C16H26F2N2O. The van der Waals surface area contributed by atoms with Gasteiger partial charge in [0.15, 0.2) is 0 Å². The Kier molecular flexibility index (Phi) is 7.61. The molecule has 0 fully saturated rings. The summed E-state index contributed by atoms with van der Waals surface area (Å²) in [5, 5.41) is 3.07. The van der Waals surface area contributed by atoms with Crippen LogP contribution >= 0.6 is 0 Å². The van der Waals surface area contributed by atoms with Gasteiger partial charge in [-0.05, 0) is 30.2 Å². The zero-order chi connectivity index (χ0) is 15.8. The van der Waals surface area contributed by atoms with Crippen molar-refractivity contribution in [3.05, 3.63) is 29.3 Å². The van der Waals surface area contributed by atoms with Crippen LogP contribution in [0.15, 0.2) is 12.1 Å². The van der Waals surface area contributed by atoms with E-state index in [0.29, 0.717) is 37.7 Å². The summed E-state index contributed by atoms with van der Waals surface area (Å²) >= 11 is 0. The van der Waals surface area contributed by atoms with Crippen LogP contribution < -0.4 is 10.2 Å². The van der Waals surface area contributed by atoms with Gasteiger partial charge in [-0.15, -0.1) is 0 Å². The number of benzene rings is 1. The lowest BCUT2D eigenvalue weighted by atomic mass is 10.1. The molecule has 1 N–H and O–H groups in total. The lowest BCUT2D eigenvalue weighted by molar-refractivity contribution is 0.204. The highest BCUT2D eigenvalue weighted by atomic mass is 19.1. The highest BCUT2D eigenvalue weighted by Gasteiger charge is 2.18. The maximum Gasteiger partial charge on any atom is 0.149 e. The molecular weight excluding hydrogens is 274 g/mol. The van der Waals surface area contributed by atoms with Crippen LogP contribution in [0.3, 0.4) is 0 Å². The van der Waals surface area contributed by atoms with Gasteiger partial charge in [-0.2, -0.15) is 0 Å². The highest BCUT2D eigenvalue weighted by Crippen LogP contribution is 2.26. The second-order valence-corrected chi connectivity index (χ2v) is 5.52. The predicted octanol–water partition coefficient (Wildman–Crippen LogP) is 3.18. The molecule has 0 atom stereocenters. The topological polar surface area (TPSA) is 24.5 Å². The molecule has 0 radical (unpaired) electrons. The SMILES string of the molecule is CCNCc1cc(F)c(N(CCOC)CC(C)C)c(F)c1. The molecule has 0 aromatic heterocycles. The Morgan fingerprint density at radius 3 is 2.33 bits per heavy atom. The molecule has 0 saturated carbocycles. The number of methoxy groups -OCH3 is 1. The van der Waals surface area contributed by atoms with E-state index in [9.17, 15) is 8.78 Å². The third-order valence-corrected chi connectivity index (χ3v) is 3.12. The number of halogens is 2. The van der Waals surface area contributed by atoms with Gasteiger partial charge in [0.1, 0.15) is 17.3 Å². The van der Waals surface area contributed by atoms with Gasteiger partial charge in [0.2, 0.25) is 0 Å². The minimum absolute atomic E-state index is 0.0426. The molecule has 0 aliphatic heterocycles. The monoisotopic (exact) mass is 300 g/mol. The van der Waals surface area contributed by atoms with E-state index in [2.05, 4.69) is 5.32 Å². The summed E-state index contributed by atoms with van der Waals surface area (Å²) < 4.78 is 33.7. The van der Waals surface area contributed by atoms with E-state index in [1.54, 1.807) is 12.0 Å².